The fraction of sp³-hybridized carbons (Fsp3) is 0.250. The minimum absolute atomic E-state index is 0.182. The van der Waals surface area contributed by atoms with Gasteiger partial charge in [0.05, 0.1) is 19.2 Å². The number of hydrogen-bond acceptors (Lipinski definition) is 5. The van der Waals surface area contributed by atoms with Gasteiger partial charge in [-0.05, 0) is 43.7 Å². The predicted molar refractivity (Wildman–Crippen MR) is 89.5 cm³/mol. The van der Waals surface area contributed by atoms with E-state index in [2.05, 4.69) is 20.5 Å². The first kappa shape index (κ1) is 17.2. The zero-order valence-electron chi connectivity index (χ0n) is 13.4. The fourth-order valence-corrected chi connectivity index (χ4v) is 2.03. The average Bonchev–Trinajstić information content (AvgIpc) is 2.53. The third-order valence-corrected chi connectivity index (χ3v) is 3.19. The summed E-state index contributed by atoms with van der Waals surface area (Å²) in [5, 5.41) is 3.84. The second kappa shape index (κ2) is 7.91. The molecule has 1 heterocycles. The van der Waals surface area contributed by atoms with Crippen LogP contribution in [0.2, 0.25) is 0 Å². The van der Waals surface area contributed by atoms with Crippen LogP contribution in [-0.4, -0.2) is 28.7 Å². The molecule has 1 aromatic heterocycles. The summed E-state index contributed by atoms with van der Waals surface area (Å²) in [6.07, 6.45) is 1.30. The summed E-state index contributed by atoms with van der Waals surface area (Å²) in [6.45, 7) is 4.05. The number of aromatic amines is 2. The minimum atomic E-state index is -0.602. The van der Waals surface area contributed by atoms with Crippen molar-refractivity contribution >= 4 is 12.1 Å². The molecule has 0 fully saturated rings. The van der Waals surface area contributed by atoms with Crippen LogP contribution in [0.1, 0.15) is 23.7 Å². The van der Waals surface area contributed by atoms with Gasteiger partial charge in [0, 0.05) is 11.3 Å². The number of amides is 1. The van der Waals surface area contributed by atoms with Crippen molar-refractivity contribution in [3.05, 3.63) is 61.9 Å². The van der Waals surface area contributed by atoms with Crippen LogP contribution in [0.3, 0.4) is 0 Å². The quantitative estimate of drug-likeness (QED) is 0.527. The Balaban J connectivity index is 1.96. The third-order valence-electron chi connectivity index (χ3n) is 3.19. The number of carbonyl (C=O) groups is 1. The molecule has 1 aromatic carbocycles. The van der Waals surface area contributed by atoms with Crippen molar-refractivity contribution in [3.8, 4) is 5.75 Å². The van der Waals surface area contributed by atoms with Gasteiger partial charge < -0.3 is 9.72 Å². The van der Waals surface area contributed by atoms with E-state index < -0.39 is 17.2 Å². The Morgan fingerprint density at radius 2 is 1.96 bits per heavy atom. The van der Waals surface area contributed by atoms with E-state index in [0.29, 0.717) is 12.3 Å². The maximum absolute atomic E-state index is 11.8. The molecule has 0 aliphatic rings. The molecule has 3 N–H and O–H groups in total. The van der Waals surface area contributed by atoms with E-state index in [9.17, 15) is 14.4 Å². The highest BCUT2D eigenvalue weighted by molar-refractivity contribution is 5.83. The summed E-state index contributed by atoms with van der Waals surface area (Å²) < 4.78 is 5.33. The number of benzene rings is 1. The second-order valence-electron chi connectivity index (χ2n) is 4.98. The Labute approximate surface area is 137 Å². The number of hydrazone groups is 1. The molecule has 0 radical (unpaired) electrons. The van der Waals surface area contributed by atoms with Gasteiger partial charge in [0.15, 0.2) is 0 Å². The maximum atomic E-state index is 11.8. The molecule has 0 saturated carbocycles. The van der Waals surface area contributed by atoms with Crippen molar-refractivity contribution in [2.24, 2.45) is 5.10 Å². The Morgan fingerprint density at radius 1 is 1.25 bits per heavy atom. The summed E-state index contributed by atoms with van der Waals surface area (Å²) in [7, 11) is 0. The maximum Gasteiger partial charge on any atom is 0.325 e. The largest absolute Gasteiger partial charge is 0.494 e. The van der Waals surface area contributed by atoms with Crippen molar-refractivity contribution in [1.29, 1.82) is 0 Å². The van der Waals surface area contributed by atoms with Gasteiger partial charge in [-0.2, -0.15) is 5.10 Å². The zero-order valence-corrected chi connectivity index (χ0v) is 13.4. The van der Waals surface area contributed by atoms with Crippen LogP contribution in [0, 0.1) is 6.92 Å². The number of aromatic nitrogens is 2. The molecule has 8 heteroatoms. The smallest absolute Gasteiger partial charge is 0.325 e. The van der Waals surface area contributed by atoms with Gasteiger partial charge in [0.25, 0.3) is 5.56 Å². The van der Waals surface area contributed by atoms with Gasteiger partial charge in [0.2, 0.25) is 5.91 Å². The highest BCUT2D eigenvalue weighted by Gasteiger charge is 2.10. The minimum Gasteiger partial charge on any atom is -0.494 e. The lowest BCUT2D eigenvalue weighted by Gasteiger charge is -2.03. The molecule has 0 saturated heterocycles. The van der Waals surface area contributed by atoms with Crippen molar-refractivity contribution in [2.75, 3.05) is 6.61 Å². The summed E-state index contributed by atoms with van der Waals surface area (Å²) in [6, 6.07) is 7.21. The standard InChI is InChI=1S/C16H18N4O4/c1-3-24-12-6-4-11(5-7-12)9-17-20-14(21)8-13-10(2)18-16(23)19-15(13)22/h4-7,9H,3,8H2,1-2H3,(H,20,21)(H2,18,19,22,23)/b17-9-. The van der Waals surface area contributed by atoms with E-state index in [0.717, 1.165) is 11.3 Å². The molecule has 8 nitrogen and oxygen atoms in total. The molecule has 0 spiro atoms. The normalized spacial score (nSPS) is 10.8. The predicted octanol–water partition coefficient (Wildman–Crippen LogP) is 0.463. The molecule has 0 aliphatic carbocycles. The summed E-state index contributed by atoms with van der Waals surface area (Å²) in [4.78, 5) is 39.1. The lowest BCUT2D eigenvalue weighted by atomic mass is 10.1. The molecule has 2 aromatic rings. The van der Waals surface area contributed by atoms with Crippen LogP contribution in [-0.2, 0) is 11.2 Å². The van der Waals surface area contributed by atoms with E-state index in [1.807, 2.05) is 6.92 Å². The van der Waals surface area contributed by atoms with Crippen molar-refractivity contribution < 1.29 is 9.53 Å². The summed E-state index contributed by atoms with van der Waals surface area (Å²) in [5.74, 6) is 0.296. The molecule has 0 bridgehead atoms. The van der Waals surface area contributed by atoms with Gasteiger partial charge in [0.1, 0.15) is 5.75 Å². The molecule has 126 valence electrons. The lowest BCUT2D eigenvalue weighted by molar-refractivity contribution is -0.120. The first-order valence-electron chi connectivity index (χ1n) is 7.36. The van der Waals surface area contributed by atoms with E-state index in [4.69, 9.17) is 4.74 Å². The molecule has 0 atom stereocenters. The first-order chi connectivity index (χ1) is 11.5. The highest BCUT2D eigenvalue weighted by atomic mass is 16.5. The summed E-state index contributed by atoms with van der Waals surface area (Å²) >= 11 is 0. The number of nitrogens with one attached hydrogen (secondary N) is 3. The van der Waals surface area contributed by atoms with Gasteiger partial charge in [-0.15, -0.1) is 0 Å². The van der Waals surface area contributed by atoms with Crippen LogP contribution in [0.5, 0.6) is 5.75 Å². The Hall–Kier alpha value is -3.16. The van der Waals surface area contributed by atoms with Crippen LogP contribution in [0.25, 0.3) is 0 Å². The van der Waals surface area contributed by atoms with E-state index in [-0.39, 0.29) is 12.0 Å². The second-order valence-corrected chi connectivity index (χ2v) is 4.98. The average molecular weight is 330 g/mol. The number of hydrogen-bond donors (Lipinski definition) is 3. The van der Waals surface area contributed by atoms with E-state index >= 15 is 0 Å². The van der Waals surface area contributed by atoms with Crippen molar-refractivity contribution in [3.63, 3.8) is 0 Å². The molecule has 2 rings (SSSR count). The molecular formula is C16H18N4O4. The Kier molecular flexibility index (Phi) is 5.67. The number of carbonyl (C=O) groups excluding carboxylic acids is 1. The molecule has 0 aliphatic heterocycles. The SMILES string of the molecule is CCOc1ccc(/C=N\NC(=O)Cc2c(C)[nH]c(=O)[nH]c2=O)cc1. The summed E-state index contributed by atoms with van der Waals surface area (Å²) in [5.41, 5.74) is 2.50. The van der Waals surface area contributed by atoms with Crippen LogP contribution < -0.4 is 21.4 Å². The molecular weight excluding hydrogens is 312 g/mol. The number of nitrogens with zero attached hydrogens (tertiary/aromatic N) is 1. The van der Waals surface area contributed by atoms with Crippen LogP contribution >= 0.6 is 0 Å². The van der Waals surface area contributed by atoms with Crippen molar-refractivity contribution in [2.45, 2.75) is 20.3 Å². The molecule has 1 amide bonds. The van der Waals surface area contributed by atoms with Crippen LogP contribution in [0.4, 0.5) is 0 Å². The lowest BCUT2D eigenvalue weighted by Crippen LogP contribution is -2.30. The number of ether oxygens (including phenoxy) is 1. The molecule has 0 unspecified atom stereocenters. The van der Waals surface area contributed by atoms with Gasteiger partial charge in [-0.1, -0.05) is 0 Å². The fourth-order valence-electron chi connectivity index (χ4n) is 2.03. The number of rotatable bonds is 6. The van der Waals surface area contributed by atoms with Crippen LogP contribution in [0.15, 0.2) is 39.0 Å². The van der Waals surface area contributed by atoms with Gasteiger partial charge in [-0.3, -0.25) is 14.6 Å². The zero-order chi connectivity index (χ0) is 17.5. The topological polar surface area (TPSA) is 116 Å². The Morgan fingerprint density at radius 3 is 2.58 bits per heavy atom. The number of aryl methyl sites for hydroxylation is 1. The van der Waals surface area contributed by atoms with E-state index in [1.165, 1.54) is 6.21 Å². The highest BCUT2D eigenvalue weighted by Crippen LogP contribution is 2.10. The molecule has 24 heavy (non-hydrogen) atoms. The first-order valence-corrected chi connectivity index (χ1v) is 7.36. The Bertz CT molecular complexity index is 850. The van der Waals surface area contributed by atoms with Gasteiger partial charge >= 0.3 is 5.69 Å². The van der Waals surface area contributed by atoms with E-state index in [1.54, 1.807) is 31.2 Å². The third kappa shape index (κ3) is 4.67. The number of H-pyrrole nitrogens is 2. The monoisotopic (exact) mass is 330 g/mol. The van der Waals surface area contributed by atoms with Gasteiger partial charge in [-0.25, -0.2) is 10.2 Å². The van der Waals surface area contributed by atoms with Crippen molar-refractivity contribution in [1.82, 2.24) is 15.4 Å².